The van der Waals surface area contributed by atoms with Gasteiger partial charge in [-0.2, -0.15) is 22.0 Å². The van der Waals surface area contributed by atoms with Crippen LogP contribution in [-0.2, 0) is 22.3 Å². The second-order valence-corrected chi connectivity index (χ2v) is 6.30. The molecular formula is C18H21F5N4O3. The highest BCUT2D eigenvalue weighted by molar-refractivity contribution is 5.93. The largest absolute Gasteiger partial charge is 0.489 e. The molecule has 0 radical (unpaired) electrons. The summed E-state index contributed by atoms with van der Waals surface area (Å²) in [4.78, 5) is 17.5. The number of carbonyl (C=O) groups is 1. The molecule has 0 unspecified atom stereocenters. The lowest BCUT2D eigenvalue weighted by atomic mass is 10.1. The van der Waals surface area contributed by atoms with E-state index in [0.29, 0.717) is 4.57 Å². The first-order chi connectivity index (χ1) is 14.1. The van der Waals surface area contributed by atoms with Crippen LogP contribution >= 0.6 is 0 Å². The SMILES string of the molecule is COCCOc1ccc(C(F)(F)F)cc1NC(=O)CN(C)Cc1nccn1C(F)F. The number of alkyl halides is 5. The molecular weight excluding hydrogens is 415 g/mol. The molecule has 166 valence electrons. The maximum Gasteiger partial charge on any atom is 0.416 e. The number of imidazole rings is 1. The summed E-state index contributed by atoms with van der Waals surface area (Å²) in [6.07, 6.45) is -2.28. The van der Waals surface area contributed by atoms with E-state index in [4.69, 9.17) is 9.47 Å². The van der Waals surface area contributed by atoms with E-state index >= 15 is 0 Å². The molecule has 7 nitrogen and oxygen atoms in total. The van der Waals surface area contributed by atoms with Gasteiger partial charge in [0.05, 0.1) is 30.9 Å². The number of hydrogen-bond acceptors (Lipinski definition) is 5. The van der Waals surface area contributed by atoms with Crippen LogP contribution in [0.15, 0.2) is 30.6 Å². The van der Waals surface area contributed by atoms with Crippen molar-refractivity contribution in [1.29, 1.82) is 0 Å². The summed E-state index contributed by atoms with van der Waals surface area (Å²) < 4.78 is 75.7. The number of amides is 1. The van der Waals surface area contributed by atoms with Gasteiger partial charge in [0.2, 0.25) is 5.91 Å². The molecule has 0 atom stereocenters. The van der Waals surface area contributed by atoms with Crippen molar-refractivity contribution in [1.82, 2.24) is 14.5 Å². The van der Waals surface area contributed by atoms with E-state index < -0.39 is 24.2 Å². The highest BCUT2D eigenvalue weighted by atomic mass is 19.4. The Bertz CT molecular complexity index is 841. The molecule has 0 spiro atoms. The third-order valence-corrected chi connectivity index (χ3v) is 3.91. The van der Waals surface area contributed by atoms with E-state index in [1.807, 2.05) is 0 Å². The molecule has 0 bridgehead atoms. The van der Waals surface area contributed by atoms with Gasteiger partial charge in [-0.05, 0) is 25.2 Å². The van der Waals surface area contributed by atoms with E-state index in [9.17, 15) is 26.7 Å². The van der Waals surface area contributed by atoms with Crippen molar-refractivity contribution in [3.05, 3.63) is 42.0 Å². The number of rotatable bonds is 10. The fraction of sp³-hybridized carbons (Fsp3) is 0.444. The molecule has 0 aliphatic carbocycles. The predicted molar refractivity (Wildman–Crippen MR) is 97.3 cm³/mol. The monoisotopic (exact) mass is 436 g/mol. The lowest BCUT2D eigenvalue weighted by Crippen LogP contribution is -2.31. The van der Waals surface area contributed by atoms with Gasteiger partial charge in [0, 0.05) is 19.5 Å². The predicted octanol–water partition coefficient (Wildman–Crippen LogP) is 3.39. The first kappa shape index (κ1) is 23.5. The Morgan fingerprint density at radius 2 is 2.03 bits per heavy atom. The molecule has 1 N–H and O–H groups in total. The Kier molecular flexibility index (Phi) is 8.12. The maximum atomic E-state index is 13.0. The van der Waals surface area contributed by atoms with Crippen molar-refractivity contribution in [3.63, 3.8) is 0 Å². The van der Waals surface area contributed by atoms with Crippen LogP contribution < -0.4 is 10.1 Å². The summed E-state index contributed by atoms with van der Waals surface area (Å²) in [6.45, 7) is -2.84. The molecule has 12 heteroatoms. The van der Waals surface area contributed by atoms with Gasteiger partial charge in [0.1, 0.15) is 18.2 Å². The van der Waals surface area contributed by atoms with Crippen LogP contribution in [0.25, 0.3) is 0 Å². The highest BCUT2D eigenvalue weighted by Gasteiger charge is 2.31. The standard InChI is InChI=1S/C18H21F5N4O3/c1-26(10-15-24-5-6-27(15)17(19)20)11-16(28)25-13-9-12(18(21,22)23)3-4-14(13)30-8-7-29-2/h3-6,9,17H,7-8,10-11H2,1-2H3,(H,25,28). The van der Waals surface area contributed by atoms with Gasteiger partial charge in [-0.3, -0.25) is 14.3 Å². The average molecular weight is 436 g/mol. The zero-order valence-electron chi connectivity index (χ0n) is 16.2. The molecule has 0 aliphatic rings. The molecule has 2 aromatic rings. The Morgan fingerprint density at radius 1 is 1.30 bits per heavy atom. The fourth-order valence-electron chi connectivity index (χ4n) is 2.54. The Morgan fingerprint density at radius 3 is 2.67 bits per heavy atom. The average Bonchev–Trinajstić information content (AvgIpc) is 3.10. The first-order valence-corrected chi connectivity index (χ1v) is 8.73. The van der Waals surface area contributed by atoms with Gasteiger partial charge in [0.15, 0.2) is 0 Å². The Balaban J connectivity index is 2.08. The van der Waals surface area contributed by atoms with Crippen LogP contribution in [0.1, 0.15) is 17.9 Å². The number of likely N-dealkylation sites (N-methyl/N-ethyl adjacent to an activating group) is 1. The number of ether oxygens (including phenoxy) is 2. The number of aromatic nitrogens is 2. The summed E-state index contributed by atoms with van der Waals surface area (Å²) >= 11 is 0. The minimum absolute atomic E-state index is 0.0444. The summed E-state index contributed by atoms with van der Waals surface area (Å²) in [5.74, 6) is -0.559. The Labute approximate surface area is 169 Å². The lowest BCUT2D eigenvalue weighted by molar-refractivity contribution is -0.137. The first-order valence-electron chi connectivity index (χ1n) is 8.73. The van der Waals surface area contributed by atoms with Gasteiger partial charge >= 0.3 is 12.7 Å². The third kappa shape index (κ3) is 6.66. The molecule has 0 saturated carbocycles. The zero-order chi connectivity index (χ0) is 22.3. The summed E-state index contributed by atoms with van der Waals surface area (Å²) in [6, 6.07) is 2.72. The lowest BCUT2D eigenvalue weighted by Gasteiger charge is -2.18. The van der Waals surface area contributed by atoms with Crippen LogP contribution in [0, 0.1) is 0 Å². The van der Waals surface area contributed by atoms with Crippen molar-refractivity contribution in [2.45, 2.75) is 19.3 Å². The number of hydrogen-bond donors (Lipinski definition) is 1. The highest BCUT2D eigenvalue weighted by Crippen LogP contribution is 2.35. The molecule has 0 aliphatic heterocycles. The molecule has 0 saturated heterocycles. The van der Waals surface area contributed by atoms with Gasteiger partial charge in [0.25, 0.3) is 0 Å². The van der Waals surface area contributed by atoms with Crippen LogP contribution in [0.5, 0.6) is 5.75 Å². The van der Waals surface area contributed by atoms with Gasteiger partial charge < -0.3 is 14.8 Å². The number of nitrogens with zero attached hydrogens (tertiary/aromatic N) is 3. The summed E-state index contributed by atoms with van der Waals surface area (Å²) in [7, 11) is 2.93. The molecule has 1 aromatic heterocycles. The molecule has 1 heterocycles. The minimum atomic E-state index is -4.60. The number of anilines is 1. The number of halogens is 5. The number of nitrogens with one attached hydrogen (secondary N) is 1. The van der Waals surface area contributed by atoms with Gasteiger partial charge in [-0.15, -0.1) is 0 Å². The third-order valence-electron chi connectivity index (χ3n) is 3.91. The van der Waals surface area contributed by atoms with Gasteiger partial charge in [-0.1, -0.05) is 0 Å². The van der Waals surface area contributed by atoms with E-state index in [1.165, 1.54) is 25.3 Å². The number of methoxy groups -OCH3 is 1. The minimum Gasteiger partial charge on any atom is -0.489 e. The Hall–Kier alpha value is -2.73. The van der Waals surface area contributed by atoms with Crippen molar-refractivity contribution >= 4 is 11.6 Å². The van der Waals surface area contributed by atoms with Gasteiger partial charge in [-0.25, -0.2) is 4.98 Å². The van der Waals surface area contributed by atoms with Crippen molar-refractivity contribution in [3.8, 4) is 5.75 Å². The molecule has 1 aromatic carbocycles. The van der Waals surface area contributed by atoms with Crippen molar-refractivity contribution < 1.29 is 36.2 Å². The van der Waals surface area contributed by atoms with Crippen LogP contribution in [0.4, 0.5) is 27.6 Å². The molecule has 30 heavy (non-hydrogen) atoms. The molecule has 1 amide bonds. The van der Waals surface area contributed by atoms with Crippen LogP contribution in [0.3, 0.4) is 0 Å². The zero-order valence-corrected chi connectivity index (χ0v) is 16.2. The van der Waals surface area contributed by atoms with Crippen LogP contribution in [0.2, 0.25) is 0 Å². The van der Waals surface area contributed by atoms with Crippen molar-refractivity contribution in [2.24, 2.45) is 0 Å². The topological polar surface area (TPSA) is 68.6 Å². The number of carbonyl (C=O) groups excluding carboxylic acids is 1. The second kappa shape index (κ2) is 10.3. The van der Waals surface area contributed by atoms with Crippen LogP contribution in [-0.4, -0.2) is 54.3 Å². The molecule has 0 fully saturated rings. The maximum absolute atomic E-state index is 13.0. The van der Waals surface area contributed by atoms with E-state index in [0.717, 1.165) is 24.4 Å². The fourth-order valence-corrected chi connectivity index (χ4v) is 2.54. The second-order valence-electron chi connectivity index (χ2n) is 6.30. The van der Waals surface area contributed by atoms with E-state index in [-0.39, 0.29) is 43.6 Å². The summed E-state index contributed by atoms with van der Waals surface area (Å²) in [5.41, 5.74) is -1.11. The van der Waals surface area contributed by atoms with E-state index in [2.05, 4.69) is 10.3 Å². The van der Waals surface area contributed by atoms with Crippen molar-refractivity contribution in [2.75, 3.05) is 39.2 Å². The smallest absolute Gasteiger partial charge is 0.416 e. The molecule has 2 rings (SSSR count). The summed E-state index contributed by atoms with van der Waals surface area (Å²) in [5, 5.41) is 2.38. The number of benzene rings is 1. The van der Waals surface area contributed by atoms with E-state index in [1.54, 1.807) is 0 Å². The quantitative estimate of drug-likeness (QED) is 0.457. The normalized spacial score (nSPS) is 11.9.